The minimum atomic E-state index is -1.10. The minimum Gasteiger partial charge on any atom is -0.468 e. The number of methoxy groups -OCH3 is 1. The third-order valence-corrected chi connectivity index (χ3v) is 6.81. The van der Waals surface area contributed by atoms with Crippen molar-refractivity contribution in [3.05, 3.63) is 101 Å². The van der Waals surface area contributed by atoms with E-state index < -0.39 is 35.3 Å². The highest BCUT2D eigenvalue weighted by Crippen LogP contribution is 2.52. The summed E-state index contributed by atoms with van der Waals surface area (Å²) in [6.07, 6.45) is 0. The van der Waals surface area contributed by atoms with Gasteiger partial charge in [0.1, 0.15) is 6.04 Å². The van der Waals surface area contributed by atoms with Crippen LogP contribution < -0.4 is 10.2 Å². The molecular formula is C26H21ClN2O4. The molecule has 7 heteroatoms. The van der Waals surface area contributed by atoms with Gasteiger partial charge in [-0.05, 0) is 35.4 Å². The first-order chi connectivity index (χ1) is 16.0. The Kier molecular flexibility index (Phi) is 5.27. The van der Waals surface area contributed by atoms with Gasteiger partial charge in [-0.2, -0.15) is 0 Å². The average Bonchev–Trinajstić information content (AvgIpc) is 3.35. The highest BCUT2D eigenvalue weighted by molar-refractivity contribution is 6.31. The lowest BCUT2D eigenvalue weighted by atomic mass is 9.72. The molecule has 1 N–H and O–H groups in total. The number of anilines is 1. The monoisotopic (exact) mass is 460 g/mol. The summed E-state index contributed by atoms with van der Waals surface area (Å²) in [4.78, 5) is 41.7. The molecule has 2 fully saturated rings. The van der Waals surface area contributed by atoms with E-state index in [0.29, 0.717) is 10.7 Å². The van der Waals surface area contributed by atoms with E-state index >= 15 is 0 Å². The molecule has 3 aromatic carbocycles. The summed E-state index contributed by atoms with van der Waals surface area (Å²) in [6.45, 7) is 0. The van der Waals surface area contributed by atoms with Crippen LogP contribution in [-0.2, 0) is 24.7 Å². The molecule has 0 unspecified atom stereocenters. The van der Waals surface area contributed by atoms with Gasteiger partial charge in [0.15, 0.2) is 0 Å². The molecule has 0 aromatic heterocycles. The zero-order valence-electron chi connectivity index (χ0n) is 17.8. The lowest BCUT2D eigenvalue weighted by molar-refractivity contribution is -0.145. The number of esters is 1. The van der Waals surface area contributed by atoms with Crippen molar-refractivity contribution in [1.29, 1.82) is 0 Å². The Labute approximate surface area is 196 Å². The number of amides is 2. The summed E-state index contributed by atoms with van der Waals surface area (Å²) in [5.74, 6) is -3.18. The molecule has 0 aliphatic carbocycles. The van der Waals surface area contributed by atoms with Crippen molar-refractivity contribution in [1.82, 2.24) is 5.32 Å². The van der Waals surface area contributed by atoms with E-state index in [2.05, 4.69) is 5.32 Å². The van der Waals surface area contributed by atoms with Gasteiger partial charge in [0.25, 0.3) is 0 Å². The number of halogens is 1. The molecule has 0 saturated carbocycles. The second kappa shape index (κ2) is 8.14. The smallest absolute Gasteiger partial charge is 0.323 e. The first kappa shape index (κ1) is 21.4. The lowest BCUT2D eigenvalue weighted by Gasteiger charge is -2.36. The highest BCUT2D eigenvalue weighted by atomic mass is 35.5. The molecule has 2 heterocycles. The van der Waals surface area contributed by atoms with Gasteiger partial charge in [-0.3, -0.25) is 19.7 Å². The number of fused-ring (bicyclic) bond motifs is 1. The van der Waals surface area contributed by atoms with E-state index in [0.717, 1.165) is 11.1 Å². The number of carbonyl (C=O) groups is 3. The van der Waals surface area contributed by atoms with Gasteiger partial charge in [-0.1, -0.05) is 72.3 Å². The molecule has 5 rings (SSSR count). The predicted molar refractivity (Wildman–Crippen MR) is 124 cm³/mol. The van der Waals surface area contributed by atoms with Crippen molar-refractivity contribution in [2.45, 2.75) is 11.6 Å². The molecule has 3 atom stereocenters. The number of benzene rings is 3. The molecule has 0 radical (unpaired) electrons. The van der Waals surface area contributed by atoms with Crippen molar-refractivity contribution < 1.29 is 19.1 Å². The first-order valence-electron chi connectivity index (χ1n) is 10.6. The summed E-state index contributed by atoms with van der Waals surface area (Å²) >= 11 is 6.02. The SMILES string of the molecule is COC(=O)[C@@H]1NC(c2ccccc2)(c2ccccc2)[C@@H]2C(=O)N(c3ccc(Cl)cc3)C(=O)[C@@H]21. The number of imide groups is 1. The predicted octanol–water partition coefficient (Wildman–Crippen LogP) is 3.53. The van der Waals surface area contributed by atoms with Crippen molar-refractivity contribution in [3.63, 3.8) is 0 Å². The molecule has 2 saturated heterocycles. The van der Waals surface area contributed by atoms with Crippen LogP contribution in [0.25, 0.3) is 0 Å². The van der Waals surface area contributed by atoms with Crippen LogP contribution >= 0.6 is 11.6 Å². The third-order valence-electron chi connectivity index (χ3n) is 6.56. The van der Waals surface area contributed by atoms with E-state index in [9.17, 15) is 14.4 Å². The standard InChI is InChI=1S/C26H21ClN2O4/c1-33-25(32)22-20-21(24(31)29(23(20)30)19-14-12-18(27)13-15-19)26(28-22,16-8-4-2-5-9-16)17-10-6-3-7-11-17/h2-15,20-22,28H,1H3/t20-,21-,22+/m0/s1. The zero-order valence-corrected chi connectivity index (χ0v) is 18.5. The van der Waals surface area contributed by atoms with Crippen molar-refractivity contribution in [3.8, 4) is 0 Å². The van der Waals surface area contributed by atoms with Gasteiger partial charge in [0.2, 0.25) is 11.8 Å². The molecule has 2 aliphatic rings. The Morgan fingerprint density at radius 3 is 1.94 bits per heavy atom. The number of nitrogens with zero attached hydrogens (tertiary/aromatic N) is 1. The Hall–Kier alpha value is -3.48. The fraction of sp³-hybridized carbons (Fsp3) is 0.192. The maximum Gasteiger partial charge on any atom is 0.323 e. The van der Waals surface area contributed by atoms with Gasteiger partial charge in [0.05, 0.1) is 30.2 Å². The Balaban J connectivity index is 1.74. The van der Waals surface area contributed by atoms with Crippen LogP contribution in [0.15, 0.2) is 84.9 Å². The van der Waals surface area contributed by atoms with Crippen LogP contribution in [0, 0.1) is 11.8 Å². The Bertz CT molecular complexity index is 1170. The molecule has 33 heavy (non-hydrogen) atoms. The number of rotatable bonds is 4. The third kappa shape index (κ3) is 3.17. The molecule has 0 bridgehead atoms. The van der Waals surface area contributed by atoms with Crippen LogP contribution in [0.5, 0.6) is 0 Å². The fourth-order valence-electron chi connectivity index (χ4n) is 5.18. The number of carbonyl (C=O) groups excluding carboxylic acids is 3. The Morgan fingerprint density at radius 1 is 0.879 bits per heavy atom. The average molecular weight is 461 g/mol. The van der Waals surface area contributed by atoms with Gasteiger partial charge in [-0.25, -0.2) is 4.90 Å². The highest BCUT2D eigenvalue weighted by Gasteiger charge is 2.68. The maximum atomic E-state index is 14.0. The first-order valence-corrected chi connectivity index (χ1v) is 11.0. The number of hydrogen-bond acceptors (Lipinski definition) is 5. The van der Waals surface area contributed by atoms with Crippen molar-refractivity contribution in [2.75, 3.05) is 12.0 Å². The molecule has 3 aromatic rings. The summed E-state index contributed by atoms with van der Waals surface area (Å²) in [5, 5.41) is 3.86. The molecule has 6 nitrogen and oxygen atoms in total. The van der Waals surface area contributed by atoms with Crippen LogP contribution in [0.3, 0.4) is 0 Å². The molecular weight excluding hydrogens is 440 g/mol. The van der Waals surface area contributed by atoms with E-state index in [-0.39, 0.29) is 5.91 Å². The van der Waals surface area contributed by atoms with Crippen molar-refractivity contribution >= 4 is 35.1 Å². The van der Waals surface area contributed by atoms with Crippen LogP contribution in [-0.4, -0.2) is 30.9 Å². The Morgan fingerprint density at radius 2 is 1.42 bits per heavy atom. The van der Waals surface area contributed by atoms with Crippen molar-refractivity contribution in [2.24, 2.45) is 11.8 Å². The molecule has 2 amide bonds. The van der Waals surface area contributed by atoms with E-state index in [1.807, 2.05) is 60.7 Å². The van der Waals surface area contributed by atoms with E-state index in [4.69, 9.17) is 16.3 Å². The van der Waals surface area contributed by atoms with Gasteiger partial charge in [0, 0.05) is 5.02 Å². The number of ether oxygens (including phenoxy) is 1. The maximum absolute atomic E-state index is 14.0. The van der Waals surface area contributed by atoms with Gasteiger partial charge in [-0.15, -0.1) is 0 Å². The fourth-order valence-corrected chi connectivity index (χ4v) is 5.31. The van der Waals surface area contributed by atoms with Crippen LogP contribution in [0.2, 0.25) is 5.02 Å². The van der Waals surface area contributed by atoms with E-state index in [1.165, 1.54) is 12.0 Å². The summed E-state index contributed by atoms with van der Waals surface area (Å²) < 4.78 is 5.05. The summed E-state index contributed by atoms with van der Waals surface area (Å²) in [6, 6.07) is 24.4. The molecule has 2 aliphatic heterocycles. The second-order valence-corrected chi connectivity index (χ2v) is 8.61. The number of nitrogens with one attached hydrogen (secondary N) is 1. The molecule has 166 valence electrons. The topological polar surface area (TPSA) is 75.7 Å². The van der Waals surface area contributed by atoms with E-state index in [1.54, 1.807) is 24.3 Å². The normalized spacial score (nSPS) is 23.5. The summed E-state index contributed by atoms with van der Waals surface area (Å²) in [7, 11) is 1.28. The minimum absolute atomic E-state index is 0.376. The molecule has 0 spiro atoms. The van der Waals surface area contributed by atoms with Gasteiger partial charge >= 0.3 is 5.97 Å². The lowest BCUT2D eigenvalue weighted by Crippen LogP contribution is -2.51. The second-order valence-electron chi connectivity index (χ2n) is 8.18. The number of hydrogen-bond donors (Lipinski definition) is 1. The van der Waals surface area contributed by atoms with Crippen LogP contribution in [0.4, 0.5) is 5.69 Å². The largest absolute Gasteiger partial charge is 0.468 e. The summed E-state index contributed by atoms with van der Waals surface area (Å²) in [5.41, 5.74) is 0.899. The quantitative estimate of drug-likeness (QED) is 0.476. The zero-order chi connectivity index (χ0) is 23.2. The van der Waals surface area contributed by atoms with Gasteiger partial charge < -0.3 is 4.74 Å². The van der Waals surface area contributed by atoms with Crippen LogP contribution in [0.1, 0.15) is 11.1 Å².